The van der Waals surface area contributed by atoms with E-state index < -0.39 is 17.9 Å². The van der Waals surface area contributed by atoms with Gasteiger partial charge in [-0.15, -0.1) is 0 Å². The highest BCUT2D eigenvalue weighted by Gasteiger charge is 2.21. The number of carbonyl (C=O) groups is 2. The lowest BCUT2D eigenvalue weighted by Crippen LogP contribution is -2.31. The van der Waals surface area contributed by atoms with Crippen molar-refractivity contribution in [2.24, 2.45) is 0 Å². The molecule has 2 aromatic rings. The number of H-pyrrole nitrogens is 2. The molecule has 0 bridgehead atoms. The Morgan fingerprint density at radius 3 is 2.56 bits per heavy atom. The van der Waals surface area contributed by atoms with Gasteiger partial charge in [0.15, 0.2) is 6.04 Å². The molecular weight excluding hydrogens is 238 g/mol. The summed E-state index contributed by atoms with van der Waals surface area (Å²) in [7, 11) is 0. The zero-order chi connectivity index (χ0) is 13.3. The smallest absolute Gasteiger partial charge is 0.330 e. The Labute approximate surface area is 101 Å². The molecule has 0 aliphatic rings. The molecule has 94 valence electrons. The van der Waals surface area contributed by atoms with Gasteiger partial charge in [0.25, 0.3) is 0 Å². The minimum atomic E-state index is -1.16. The second-order valence-electron chi connectivity index (χ2n) is 3.86. The van der Waals surface area contributed by atoms with Crippen LogP contribution in [0.3, 0.4) is 0 Å². The molecule has 0 radical (unpaired) electrons. The van der Waals surface area contributed by atoms with Gasteiger partial charge in [0, 0.05) is 6.92 Å². The third-order valence-electron chi connectivity index (χ3n) is 2.47. The highest BCUT2D eigenvalue weighted by Crippen LogP contribution is 2.17. The largest absolute Gasteiger partial charge is 0.479 e. The van der Waals surface area contributed by atoms with Crippen molar-refractivity contribution < 1.29 is 14.7 Å². The van der Waals surface area contributed by atoms with Gasteiger partial charge >= 0.3 is 11.7 Å². The van der Waals surface area contributed by atoms with Gasteiger partial charge in [-0.2, -0.15) is 0 Å². The molecule has 2 rings (SSSR count). The molecule has 0 spiro atoms. The standard InChI is InChI=1S/C11H11N3O4/c1-5(15)12-9(10(16)17)6-2-3-7-8(4-6)14-11(18)13-7/h2-4,9H,1H3,(H,12,15)(H,16,17)(H2,13,14,18). The molecule has 0 saturated heterocycles. The Kier molecular flexibility index (Phi) is 2.88. The molecule has 1 unspecified atom stereocenters. The monoisotopic (exact) mass is 249 g/mol. The van der Waals surface area contributed by atoms with E-state index in [2.05, 4.69) is 15.3 Å². The maximum Gasteiger partial charge on any atom is 0.330 e. The van der Waals surface area contributed by atoms with Crippen molar-refractivity contribution in [2.75, 3.05) is 0 Å². The van der Waals surface area contributed by atoms with Gasteiger partial charge in [0.05, 0.1) is 11.0 Å². The van der Waals surface area contributed by atoms with E-state index >= 15 is 0 Å². The predicted octanol–water partition coefficient (Wildman–Crippen LogP) is 0.118. The number of amides is 1. The lowest BCUT2D eigenvalue weighted by Gasteiger charge is -2.13. The van der Waals surface area contributed by atoms with Crippen molar-refractivity contribution in [3.8, 4) is 0 Å². The van der Waals surface area contributed by atoms with Crippen LogP contribution < -0.4 is 11.0 Å². The number of rotatable bonds is 3. The van der Waals surface area contributed by atoms with Gasteiger partial charge in [0.1, 0.15) is 0 Å². The van der Waals surface area contributed by atoms with Crippen molar-refractivity contribution in [3.63, 3.8) is 0 Å². The zero-order valence-electron chi connectivity index (χ0n) is 9.48. The number of nitrogens with one attached hydrogen (secondary N) is 3. The maximum absolute atomic E-state index is 11.1. The second-order valence-corrected chi connectivity index (χ2v) is 3.86. The number of hydrogen-bond donors (Lipinski definition) is 4. The second kappa shape index (κ2) is 4.36. The van der Waals surface area contributed by atoms with Crippen molar-refractivity contribution in [3.05, 3.63) is 34.2 Å². The first-order valence-electron chi connectivity index (χ1n) is 5.19. The molecule has 4 N–H and O–H groups in total. The van der Waals surface area contributed by atoms with Crippen LogP contribution in [0.1, 0.15) is 18.5 Å². The van der Waals surface area contributed by atoms with Gasteiger partial charge in [0.2, 0.25) is 5.91 Å². The lowest BCUT2D eigenvalue weighted by atomic mass is 10.1. The van der Waals surface area contributed by atoms with Crippen molar-refractivity contribution in [1.29, 1.82) is 0 Å². The number of benzene rings is 1. The molecular formula is C11H11N3O4. The summed E-state index contributed by atoms with van der Waals surface area (Å²) < 4.78 is 0. The number of fused-ring (bicyclic) bond motifs is 1. The van der Waals surface area contributed by atoms with Crippen molar-refractivity contribution in [2.45, 2.75) is 13.0 Å². The van der Waals surface area contributed by atoms with E-state index in [-0.39, 0.29) is 5.69 Å². The molecule has 0 saturated carbocycles. The Bertz CT molecular complexity index is 670. The quantitative estimate of drug-likeness (QED) is 0.618. The zero-order valence-corrected chi connectivity index (χ0v) is 9.48. The Morgan fingerprint density at radius 2 is 1.94 bits per heavy atom. The number of imidazole rings is 1. The van der Waals surface area contributed by atoms with E-state index in [1.807, 2.05) is 0 Å². The molecule has 1 heterocycles. The van der Waals surface area contributed by atoms with Crippen LogP contribution in [0.25, 0.3) is 11.0 Å². The third kappa shape index (κ3) is 2.24. The average molecular weight is 249 g/mol. The number of aromatic nitrogens is 2. The van der Waals surface area contributed by atoms with Crippen molar-refractivity contribution in [1.82, 2.24) is 15.3 Å². The van der Waals surface area contributed by atoms with Crippen LogP contribution in [-0.2, 0) is 9.59 Å². The van der Waals surface area contributed by atoms with Crippen LogP contribution in [0.5, 0.6) is 0 Å². The first-order valence-corrected chi connectivity index (χ1v) is 5.19. The lowest BCUT2D eigenvalue weighted by molar-refractivity contribution is -0.141. The number of aromatic amines is 2. The number of aliphatic carboxylic acids is 1. The predicted molar refractivity (Wildman–Crippen MR) is 63.1 cm³/mol. The fraction of sp³-hybridized carbons (Fsp3) is 0.182. The molecule has 0 aliphatic carbocycles. The van der Waals surface area contributed by atoms with Crippen LogP contribution in [0.2, 0.25) is 0 Å². The molecule has 0 fully saturated rings. The van der Waals surface area contributed by atoms with Crippen molar-refractivity contribution >= 4 is 22.9 Å². The average Bonchev–Trinajstić information content (AvgIpc) is 2.64. The number of carboxylic acid groups (broad SMARTS) is 1. The molecule has 1 amide bonds. The minimum Gasteiger partial charge on any atom is -0.479 e. The Morgan fingerprint density at radius 1 is 1.28 bits per heavy atom. The van der Waals surface area contributed by atoms with Crippen LogP contribution >= 0.6 is 0 Å². The Hall–Kier alpha value is -2.57. The molecule has 1 aromatic heterocycles. The highest BCUT2D eigenvalue weighted by atomic mass is 16.4. The molecule has 18 heavy (non-hydrogen) atoms. The summed E-state index contributed by atoms with van der Waals surface area (Å²) in [5, 5.41) is 11.4. The molecule has 1 aromatic carbocycles. The van der Waals surface area contributed by atoms with Gasteiger partial charge in [-0.3, -0.25) is 4.79 Å². The summed E-state index contributed by atoms with van der Waals surface area (Å²) in [6, 6.07) is 3.51. The van der Waals surface area contributed by atoms with E-state index in [4.69, 9.17) is 5.11 Å². The summed E-state index contributed by atoms with van der Waals surface area (Å²) in [5.41, 5.74) is 1.10. The first-order chi connectivity index (χ1) is 8.47. The van der Waals surface area contributed by atoms with E-state index in [1.54, 1.807) is 12.1 Å². The van der Waals surface area contributed by atoms with Gasteiger partial charge in [-0.25, -0.2) is 9.59 Å². The minimum absolute atomic E-state index is 0.367. The summed E-state index contributed by atoms with van der Waals surface area (Å²) in [4.78, 5) is 38.2. The fourth-order valence-electron chi connectivity index (χ4n) is 1.72. The molecule has 0 aliphatic heterocycles. The molecule has 7 heteroatoms. The Balaban J connectivity index is 2.46. The van der Waals surface area contributed by atoms with Gasteiger partial charge in [-0.05, 0) is 17.7 Å². The van der Waals surface area contributed by atoms with Crippen LogP contribution in [-0.4, -0.2) is 27.0 Å². The third-order valence-corrected chi connectivity index (χ3v) is 2.47. The fourth-order valence-corrected chi connectivity index (χ4v) is 1.72. The summed E-state index contributed by atoms with van der Waals surface area (Å²) in [6.45, 7) is 1.24. The van der Waals surface area contributed by atoms with E-state index in [0.717, 1.165) is 0 Å². The van der Waals surface area contributed by atoms with Crippen LogP contribution in [0, 0.1) is 0 Å². The topological polar surface area (TPSA) is 115 Å². The summed E-state index contributed by atoms with van der Waals surface area (Å²) in [6.07, 6.45) is 0. The number of carboxylic acids is 1. The number of hydrogen-bond acceptors (Lipinski definition) is 3. The summed E-state index contributed by atoms with van der Waals surface area (Å²) in [5.74, 6) is -1.60. The number of carbonyl (C=O) groups excluding carboxylic acids is 1. The van der Waals surface area contributed by atoms with Crippen LogP contribution in [0.4, 0.5) is 0 Å². The van der Waals surface area contributed by atoms with E-state index in [9.17, 15) is 14.4 Å². The molecule has 1 atom stereocenters. The van der Waals surface area contributed by atoms with Gasteiger partial charge < -0.3 is 20.4 Å². The SMILES string of the molecule is CC(=O)NC(C(=O)O)c1ccc2[nH]c(=O)[nH]c2c1. The highest BCUT2D eigenvalue weighted by molar-refractivity contribution is 5.85. The van der Waals surface area contributed by atoms with Crippen LogP contribution in [0.15, 0.2) is 23.0 Å². The van der Waals surface area contributed by atoms with E-state index in [0.29, 0.717) is 16.6 Å². The molecule has 7 nitrogen and oxygen atoms in total. The first kappa shape index (κ1) is 11.9. The maximum atomic E-state index is 11.1. The van der Waals surface area contributed by atoms with E-state index in [1.165, 1.54) is 13.0 Å². The normalized spacial score (nSPS) is 12.3. The van der Waals surface area contributed by atoms with Gasteiger partial charge in [-0.1, -0.05) is 6.07 Å². The summed E-state index contributed by atoms with van der Waals surface area (Å²) >= 11 is 0.